The van der Waals surface area contributed by atoms with Crippen LogP contribution in [0.3, 0.4) is 0 Å². The Morgan fingerprint density at radius 3 is 2.65 bits per heavy atom. The Bertz CT molecular complexity index is 604. The molecule has 130 valence electrons. The average Bonchev–Trinajstić information content (AvgIpc) is 2.72. The molecule has 0 aliphatic carbocycles. The van der Waals surface area contributed by atoms with E-state index in [1.54, 1.807) is 0 Å². The number of hydrogen-bond acceptors (Lipinski definition) is 7. The Kier molecular flexibility index (Phi) is 6.37. The van der Waals surface area contributed by atoms with Crippen molar-refractivity contribution in [2.24, 2.45) is 0 Å². The minimum Gasteiger partial charge on any atom is -0.756 e. The van der Waals surface area contributed by atoms with Crippen LogP contribution in [0.4, 0.5) is 0 Å². The summed E-state index contributed by atoms with van der Waals surface area (Å²) < 4.78 is 21.2. The molecule has 1 saturated heterocycles. The highest BCUT2D eigenvalue weighted by Gasteiger charge is 2.48. The number of ether oxygens (including phenoxy) is 1. The molecule has 4 N–H and O–H groups in total. The van der Waals surface area contributed by atoms with E-state index in [1.165, 1.54) is 29.1 Å². The number of aromatic nitrogens is 1. The van der Waals surface area contributed by atoms with Crippen molar-refractivity contribution in [2.45, 2.75) is 24.5 Å². The van der Waals surface area contributed by atoms with Crippen LogP contribution in [0.15, 0.2) is 24.5 Å². The Labute approximate surface area is 131 Å². The normalized spacial score (nSPS) is 29.6. The van der Waals surface area contributed by atoms with Gasteiger partial charge in [-0.25, -0.2) is 4.79 Å². The molecule has 1 unspecified atom stereocenters. The molecule has 0 bridgehead atoms. The van der Waals surface area contributed by atoms with E-state index in [4.69, 9.17) is 14.7 Å². The zero-order valence-electron chi connectivity index (χ0n) is 12.1. The number of aromatic carboxylic acids is 1. The number of rotatable bonds is 5. The lowest BCUT2D eigenvalue weighted by Gasteiger charge is -2.19. The van der Waals surface area contributed by atoms with Gasteiger partial charge in [0, 0.05) is 6.07 Å². The first-order valence-corrected chi connectivity index (χ1v) is 7.62. The minimum absolute atomic E-state index is 0. The zero-order chi connectivity index (χ0) is 16.5. The van der Waals surface area contributed by atoms with E-state index in [1.807, 2.05) is 0 Å². The Balaban J connectivity index is 0.00000264. The number of phosphoric acid groups is 1. The summed E-state index contributed by atoms with van der Waals surface area (Å²) in [6.45, 7) is -0.689. The molecule has 1 aliphatic heterocycles. The van der Waals surface area contributed by atoms with E-state index >= 15 is 0 Å². The van der Waals surface area contributed by atoms with Crippen LogP contribution in [-0.2, 0) is 13.8 Å². The molecule has 11 heteroatoms. The van der Waals surface area contributed by atoms with Crippen molar-refractivity contribution in [2.75, 3.05) is 6.61 Å². The highest BCUT2D eigenvalue weighted by atomic mass is 31.2. The number of nitrogens with zero attached hydrogens (tertiary/aromatic N) is 1. The summed E-state index contributed by atoms with van der Waals surface area (Å²) in [6, 6.07) is 2.74. The van der Waals surface area contributed by atoms with Crippen molar-refractivity contribution in [1.29, 1.82) is 0 Å². The Hall–Kier alpha value is -1.39. The maximum atomic E-state index is 10.9. The van der Waals surface area contributed by atoms with Crippen molar-refractivity contribution in [3.05, 3.63) is 37.5 Å². The summed E-state index contributed by atoms with van der Waals surface area (Å²) in [5.74, 6) is -1.19. The smallest absolute Gasteiger partial charge is 0.341 e. The zero-order valence-corrected chi connectivity index (χ0v) is 12.9. The molecule has 5 atom stereocenters. The molecule has 0 radical (unpaired) electrons. The fourth-order valence-corrected chi connectivity index (χ4v) is 2.39. The van der Waals surface area contributed by atoms with Crippen LogP contribution >= 0.6 is 7.82 Å². The van der Waals surface area contributed by atoms with Crippen molar-refractivity contribution in [3.8, 4) is 0 Å². The third-order valence-electron chi connectivity index (χ3n) is 3.10. The second-order valence-electron chi connectivity index (χ2n) is 4.66. The first kappa shape index (κ1) is 19.7. The van der Waals surface area contributed by atoms with Gasteiger partial charge in [0.2, 0.25) is 0 Å². The summed E-state index contributed by atoms with van der Waals surface area (Å²) in [6.07, 6.45) is -2.65. The monoisotopic (exact) mass is 350 g/mol. The van der Waals surface area contributed by atoms with Crippen molar-refractivity contribution in [1.82, 2.24) is 0 Å². The summed E-state index contributed by atoms with van der Waals surface area (Å²) in [5.41, 5.74) is -0.0630. The molecule has 0 spiro atoms. The average molecular weight is 350 g/mol. The molecule has 1 fully saturated rings. The van der Waals surface area contributed by atoms with Gasteiger partial charge in [0.1, 0.15) is 17.8 Å². The molecule has 1 aromatic rings. The quantitative estimate of drug-likeness (QED) is 0.273. The number of hydrogen-bond donors (Lipinski definition) is 4. The Morgan fingerprint density at radius 1 is 1.43 bits per heavy atom. The van der Waals surface area contributed by atoms with E-state index in [9.17, 15) is 24.5 Å². The van der Waals surface area contributed by atoms with E-state index in [2.05, 4.69) is 4.52 Å². The van der Waals surface area contributed by atoms with Gasteiger partial charge in [-0.1, -0.05) is 0 Å². The van der Waals surface area contributed by atoms with E-state index in [0.717, 1.165) is 0 Å². The molecule has 23 heavy (non-hydrogen) atoms. The van der Waals surface area contributed by atoms with Crippen molar-refractivity contribution < 1.29 is 48.3 Å². The SMILES string of the molecule is O=C(O)c1ccc[n+]([C@@H]2O[C@H](COP(=O)([O-])O)[C@@H](O)[C@@H]2O)c1.[CH3-]. The fraction of sp³-hybridized carbons (Fsp3) is 0.417. The van der Waals surface area contributed by atoms with Gasteiger partial charge in [-0.15, -0.1) is 0 Å². The molecule has 2 heterocycles. The van der Waals surface area contributed by atoms with E-state index < -0.39 is 44.9 Å². The molecule has 1 aliphatic rings. The highest BCUT2D eigenvalue weighted by molar-refractivity contribution is 7.44. The standard InChI is InChI=1S/C11H14NO9P.CH3/c13-8-7(5-20-22(17,18)19)21-10(9(8)14)12-3-1-2-6(4-12)11(15)16;/h1-4,7-10,13-14H,5H2,(H2-,15,16,17,18,19);1H3/q;-1/t7-,8-,9+,10-;/m1./s1. The minimum atomic E-state index is -4.98. The van der Waals surface area contributed by atoms with Gasteiger partial charge in [-0.2, -0.15) is 4.57 Å². The van der Waals surface area contributed by atoms with Gasteiger partial charge in [-0.3, -0.25) is 4.57 Å². The number of phosphoric ester groups is 1. The molecule has 0 aromatic carbocycles. The summed E-state index contributed by atoms with van der Waals surface area (Å²) in [7, 11) is -4.98. The number of carbonyl (C=O) groups is 1. The first-order chi connectivity index (χ1) is 10.2. The molecule has 10 nitrogen and oxygen atoms in total. The molecular weight excluding hydrogens is 333 g/mol. The van der Waals surface area contributed by atoms with Crippen LogP contribution in [-0.4, -0.2) is 51.1 Å². The van der Waals surface area contributed by atoms with Crippen LogP contribution in [0.25, 0.3) is 0 Å². The molecule has 1 aromatic heterocycles. The highest BCUT2D eigenvalue weighted by Crippen LogP contribution is 2.33. The topological polar surface area (TPSA) is 160 Å². The number of carboxylic acid groups (broad SMARTS) is 1. The van der Waals surface area contributed by atoms with Crippen LogP contribution in [0.5, 0.6) is 0 Å². The van der Waals surface area contributed by atoms with Crippen LogP contribution in [0, 0.1) is 7.43 Å². The van der Waals surface area contributed by atoms with Gasteiger partial charge in [-0.05, 0) is 6.07 Å². The van der Waals surface area contributed by atoms with E-state index in [-0.39, 0.29) is 13.0 Å². The Morgan fingerprint density at radius 2 is 2.09 bits per heavy atom. The number of aliphatic hydroxyl groups is 2. The van der Waals surface area contributed by atoms with Crippen LogP contribution < -0.4 is 9.46 Å². The van der Waals surface area contributed by atoms with Gasteiger partial charge < -0.3 is 41.8 Å². The molecular formula is C12H17NO9P-. The largest absolute Gasteiger partial charge is 0.756 e. The predicted molar refractivity (Wildman–Crippen MR) is 71.7 cm³/mol. The fourth-order valence-electron chi connectivity index (χ4n) is 2.06. The van der Waals surface area contributed by atoms with Gasteiger partial charge >= 0.3 is 5.97 Å². The predicted octanol–water partition coefficient (Wildman–Crippen LogP) is -1.78. The van der Waals surface area contributed by atoms with Gasteiger partial charge in [0.15, 0.2) is 18.5 Å². The third-order valence-corrected chi connectivity index (χ3v) is 3.58. The van der Waals surface area contributed by atoms with Crippen molar-refractivity contribution in [3.63, 3.8) is 0 Å². The second kappa shape index (κ2) is 7.45. The summed E-state index contributed by atoms with van der Waals surface area (Å²) in [5, 5.41) is 28.7. The number of aliphatic hydroxyl groups excluding tert-OH is 2. The van der Waals surface area contributed by atoms with Crippen molar-refractivity contribution >= 4 is 13.8 Å². The van der Waals surface area contributed by atoms with E-state index in [0.29, 0.717) is 0 Å². The maximum absolute atomic E-state index is 10.9. The lowest BCUT2D eigenvalue weighted by atomic mass is 10.1. The number of pyridine rings is 1. The van der Waals surface area contributed by atoms with Gasteiger partial charge in [0.05, 0.1) is 6.61 Å². The van der Waals surface area contributed by atoms with Crippen LogP contribution in [0.2, 0.25) is 0 Å². The van der Waals surface area contributed by atoms with Crippen LogP contribution in [0.1, 0.15) is 16.6 Å². The lowest BCUT2D eigenvalue weighted by molar-refractivity contribution is -0.765. The lowest BCUT2D eigenvalue weighted by Crippen LogP contribution is -2.46. The number of carboxylic acids is 1. The molecule has 0 saturated carbocycles. The van der Waals surface area contributed by atoms with Gasteiger partial charge in [0.25, 0.3) is 14.1 Å². The molecule has 0 amide bonds. The third kappa shape index (κ3) is 4.79. The first-order valence-electron chi connectivity index (χ1n) is 6.13. The molecule has 2 rings (SSSR count). The second-order valence-corrected chi connectivity index (χ2v) is 5.85. The summed E-state index contributed by atoms with van der Waals surface area (Å²) >= 11 is 0. The summed E-state index contributed by atoms with van der Waals surface area (Å²) in [4.78, 5) is 30.0. The maximum Gasteiger partial charge on any atom is 0.341 e.